The van der Waals surface area contributed by atoms with Gasteiger partial charge in [0.15, 0.2) is 6.04 Å². The highest BCUT2D eigenvalue weighted by Crippen LogP contribution is 2.12. The molecule has 0 bridgehead atoms. The normalized spacial score (nSPS) is 22.9. The predicted octanol–water partition coefficient (Wildman–Crippen LogP) is -0.881. The molecule has 0 aromatic heterocycles. The summed E-state index contributed by atoms with van der Waals surface area (Å²) in [4.78, 5) is 24.8. The minimum atomic E-state index is -0.960. The standard InChI is InChI=1S/C11H20N2O4/c1-7(14)9(11(16)17-3)13(2)10(15)8-5-4-6-12-8/h7-9,12,14H,4-6H2,1-3H3/t7-,8+,9+/m1/s1. The summed E-state index contributed by atoms with van der Waals surface area (Å²) in [5.41, 5.74) is 0. The van der Waals surface area contributed by atoms with Gasteiger partial charge < -0.3 is 20.1 Å². The largest absolute Gasteiger partial charge is 0.467 e. The van der Waals surface area contributed by atoms with Gasteiger partial charge in [0.1, 0.15) is 0 Å². The van der Waals surface area contributed by atoms with Gasteiger partial charge in [-0.2, -0.15) is 0 Å². The smallest absolute Gasteiger partial charge is 0.331 e. The second-order valence-electron chi connectivity index (χ2n) is 4.31. The minimum absolute atomic E-state index is 0.182. The van der Waals surface area contributed by atoms with E-state index in [-0.39, 0.29) is 11.9 Å². The lowest BCUT2D eigenvalue weighted by atomic mass is 10.1. The van der Waals surface area contributed by atoms with Crippen LogP contribution in [0.15, 0.2) is 0 Å². The molecule has 6 nitrogen and oxygen atoms in total. The van der Waals surface area contributed by atoms with Crippen LogP contribution in [-0.4, -0.2) is 60.8 Å². The fourth-order valence-corrected chi connectivity index (χ4v) is 2.08. The number of aliphatic hydroxyl groups excluding tert-OH is 1. The zero-order chi connectivity index (χ0) is 13.0. The first-order valence-corrected chi connectivity index (χ1v) is 5.75. The Hall–Kier alpha value is -1.14. The van der Waals surface area contributed by atoms with Gasteiger partial charge in [0.2, 0.25) is 5.91 Å². The summed E-state index contributed by atoms with van der Waals surface area (Å²) in [6.07, 6.45) is 0.747. The van der Waals surface area contributed by atoms with E-state index in [0.717, 1.165) is 19.4 Å². The summed E-state index contributed by atoms with van der Waals surface area (Å²) in [5, 5.41) is 12.6. The van der Waals surface area contributed by atoms with Crippen molar-refractivity contribution in [2.75, 3.05) is 20.7 Å². The van der Waals surface area contributed by atoms with Crippen molar-refractivity contribution in [1.82, 2.24) is 10.2 Å². The molecule has 3 atom stereocenters. The molecule has 17 heavy (non-hydrogen) atoms. The maximum atomic E-state index is 12.1. The van der Waals surface area contributed by atoms with E-state index < -0.39 is 18.1 Å². The molecule has 0 spiro atoms. The zero-order valence-electron chi connectivity index (χ0n) is 10.5. The van der Waals surface area contributed by atoms with E-state index in [2.05, 4.69) is 10.1 Å². The highest BCUT2D eigenvalue weighted by molar-refractivity contribution is 5.87. The van der Waals surface area contributed by atoms with Crippen molar-refractivity contribution >= 4 is 11.9 Å². The average molecular weight is 244 g/mol. The Morgan fingerprint density at radius 3 is 2.59 bits per heavy atom. The molecule has 6 heteroatoms. The topological polar surface area (TPSA) is 78.9 Å². The minimum Gasteiger partial charge on any atom is -0.467 e. The summed E-state index contributed by atoms with van der Waals surface area (Å²) < 4.78 is 4.59. The molecule has 1 aliphatic heterocycles. The fraction of sp³-hybridized carbons (Fsp3) is 0.818. The molecule has 0 radical (unpaired) electrons. The van der Waals surface area contributed by atoms with E-state index in [9.17, 15) is 14.7 Å². The van der Waals surface area contributed by atoms with Crippen LogP contribution < -0.4 is 5.32 Å². The molecule has 98 valence electrons. The molecule has 1 rings (SSSR count). The summed E-state index contributed by atoms with van der Waals surface area (Å²) in [6, 6.07) is -1.21. The number of aliphatic hydroxyl groups is 1. The number of esters is 1. The van der Waals surface area contributed by atoms with Crippen LogP contribution in [0.1, 0.15) is 19.8 Å². The van der Waals surface area contributed by atoms with Crippen LogP contribution in [0.2, 0.25) is 0 Å². The summed E-state index contributed by atoms with van der Waals surface area (Å²) in [7, 11) is 2.75. The quantitative estimate of drug-likeness (QED) is 0.628. The van der Waals surface area contributed by atoms with Crippen LogP contribution in [0.25, 0.3) is 0 Å². The van der Waals surface area contributed by atoms with Crippen molar-refractivity contribution in [2.45, 2.75) is 38.0 Å². The SMILES string of the molecule is COC(=O)[C@H]([C@@H](C)O)N(C)C(=O)[C@@H]1CCCN1. The summed E-state index contributed by atoms with van der Waals surface area (Å²) >= 11 is 0. The number of hydrogen-bond donors (Lipinski definition) is 2. The van der Waals surface area contributed by atoms with Gasteiger partial charge in [0.05, 0.1) is 19.3 Å². The molecule has 1 amide bonds. The molecule has 1 heterocycles. The zero-order valence-corrected chi connectivity index (χ0v) is 10.5. The van der Waals surface area contributed by atoms with E-state index in [1.807, 2.05) is 0 Å². The van der Waals surface area contributed by atoms with E-state index in [0.29, 0.717) is 0 Å². The average Bonchev–Trinajstić information content (AvgIpc) is 2.80. The third-order valence-corrected chi connectivity index (χ3v) is 3.02. The van der Waals surface area contributed by atoms with Gasteiger partial charge in [-0.05, 0) is 26.3 Å². The monoisotopic (exact) mass is 244 g/mol. The maximum Gasteiger partial charge on any atom is 0.331 e. The lowest BCUT2D eigenvalue weighted by molar-refractivity contribution is -0.156. The van der Waals surface area contributed by atoms with E-state index in [1.165, 1.54) is 26.0 Å². The Morgan fingerprint density at radius 2 is 2.18 bits per heavy atom. The Labute approximate surface area is 101 Å². The summed E-state index contributed by atoms with van der Waals surface area (Å²) in [5.74, 6) is -0.785. The third-order valence-electron chi connectivity index (χ3n) is 3.02. The number of rotatable bonds is 4. The predicted molar refractivity (Wildman–Crippen MR) is 61.3 cm³/mol. The van der Waals surface area contributed by atoms with Gasteiger partial charge in [-0.1, -0.05) is 0 Å². The van der Waals surface area contributed by atoms with Gasteiger partial charge in [0.25, 0.3) is 0 Å². The van der Waals surface area contributed by atoms with Crippen LogP contribution in [0, 0.1) is 0 Å². The van der Waals surface area contributed by atoms with Gasteiger partial charge >= 0.3 is 5.97 Å². The Morgan fingerprint density at radius 1 is 1.53 bits per heavy atom. The molecular formula is C11H20N2O4. The van der Waals surface area contributed by atoms with Gasteiger partial charge in [0, 0.05) is 7.05 Å². The van der Waals surface area contributed by atoms with Crippen LogP contribution >= 0.6 is 0 Å². The molecule has 0 aromatic carbocycles. The van der Waals surface area contributed by atoms with Crippen molar-refractivity contribution in [3.63, 3.8) is 0 Å². The van der Waals surface area contributed by atoms with Gasteiger partial charge in [-0.15, -0.1) is 0 Å². The van der Waals surface area contributed by atoms with Crippen molar-refractivity contribution in [3.8, 4) is 0 Å². The van der Waals surface area contributed by atoms with Crippen LogP contribution in [0.5, 0.6) is 0 Å². The number of hydrogen-bond acceptors (Lipinski definition) is 5. The number of amides is 1. The summed E-state index contributed by atoms with van der Waals surface area (Å²) in [6.45, 7) is 2.27. The molecule has 1 fully saturated rings. The number of nitrogens with one attached hydrogen (secondary N) is 1. The molecule has 0 saturated carbocycles. The van der Waals surface area contributed by atoms with Crippen LogP contribution in [0.3, 0.4) is 0 Å². The Bertz CT molecular complexity index is 287. The van der Waals surface area contributed by atoms with Crippen LogP contribution in [-0.2, 0) is 14.3 Å². The highest BCUT2D eigenvalue weighted by Gasteiger charge is 2.35. The second kappa shape index (κ2) is 5.97. The van der Waals surface area contributed by atoms with E-state index >= 15 is 0 Å². The molecule has 0 unspecified atom stereocenters. The first-order valence-electron chi connectivity index (χ1n) is 5.75. The number of carbonyl (C=O) groups is 2. The van der Waals surface area contributed by atoms with E-state index in [1.54, 1.807) is 0 Å². The maximum absolute atomic E-state index is 12.1. The molecule has 1 aliphatic rings. The molecule has 2 N–H and O–H groups in total. The van der Waals surface area contributed by atoms with Crippen molar-refractivity contribution in [3.05, 3.63) is 0 Å². The third kappa shape index (κ3) is 3.17. The van der Waals surface area contributed by atoms with Crippen molar-refractivity contribution < 1.29 is 19.4 Å². The van der Waals surface area contributed by atoms with Crippen molar-refractivity contribution in [1.29, 1.82) is 0 Å². The van der Waals surface area contributed by atoms with Crippen LogP contribution in [0.4, 0.5) is 0 Å². The molecule has 0 aromatic rings. The lowest BCUT2D eigenvalue weighted by Crippen LogP contribution is -2.53. The van der Waals surface area contributed by atoms with E-state index in [4.69, 9.17) is 0 Å². The first-order chi connectivity index (χ1) is 7.99. The van der Waals surface area contributed by atoms with Crippen molar-refractivity contribution in [2.24, 2.45) is 0 Å². The highest BCUT2D eigenvalue weighted by atomic mass is 16.5. The van der Waals surface area contributed by atoms with Gasteiger partial charge in [-0.3, -0.25) is 4.79 Å². The number of likely N-dealkylation sites (N-methyl/N-ethyl adjacent to an activating group) is 1. The number of carbonyl (C=O) groups excluding carboxylic acids is 2. The first kappa shape index (κ1) is 13.9. The molecule has 1 saturated heterocycles. The number of nitrogens with zero attached hydrogens (tertiary/aromatic N) is 1. The number of methoxy groups -OCH3 is 1. The lowest BCUT2D eigenvalue weighted by Gasteiger charge is -2.30. The Balaban J connectivity index is 2.72. The number of ether oxygens (including phenoxy) is 1. The van der Waals surface area contributed by atoms with Gasteiger partial charge in [-0.25, -0.2) is 4.79 Å². The second-order valence-corrected chi connectivity index (χ2v) is 4.31. The molecule has 0 aliphatic carbocycles. The Kier molecular flexibility index (Phi) is 4.89. The fourth-order valence-electron chi connectivity index (χ4n) is 2.08. The molecular weight excluding hydrogens is 224 g/mol.